The molecule has 1 atom stereocenters. The molecule has 0 bridgehead atoms. The van der Waals surface area contributed by atoms with Crippen molar-refractivity contribution in [1.82, 2.24) is 4.98 Å². The summed E-state index contributed by atoms with van der Waals surface area (Å²) >= 11 is 3.38. The van der Waals surface area contributed by atoms with Crippen LogP contribution in [0.2, 0.25) is 0 Å². The molecule has 1 heterocycles. The van der Waals surface area contributed by atoms with Crippen LogP contribution in [-0.4, -0.2) is 21.8 Å². The number of rotatable bonds is 5. The van der Waals surface area contributed by atoms with Gasteiger partial charge >= 0.3 is 5.97 Å². The van der Waals surface area contributed by atoms with Crippen molar-refractivity contribution in [1.29, 1.82) is 0 Å². The highest BCUT2D eigenvalue weighted by Gasteiger charge is 2.28. The molecule has 7 heteroatoms. The number of aromatic nitrogens is 1. The molecule has 0 amide bonds. The van der Waals surface area contributed by atoms with Gasteiger partial charge in [-0.05, 0) is 29.8 Å². The number of carboxylic acid groups (broad SMARTS) is 1. The summed E-state index contributed by atoms with van der Waals surface area (Å²) in [5.74, 6) is -4.87. The number of carboxylic acids is 1. The fraction of sp³-hybridized carbons (Fsp3) is 0.111. The van der Waals surface area contributed by atoms with Crippen LogP contribution in [0.15, 0.2) is 47.1 Å². The number of H-pyrrole nitrogens is 1. The van der Waals surface area contributed by atoms with Gasteiger partial charge in [0.15, 0.2) is 5.78 Å². The third kappa shape index (κ3) is 3.32. The average molecular weight is 408 g/mol. The van der Waals surface area contributed by atoms with Crippen molar-refractivity contribution >= 4 is 38.6 Å². The first-order chi connectivity index (χ1) is 11.9. The summed E-state index contributed by atoms with van der Waals surface area (Å²) in [6, 6.07) is 7.93. The zero-order valence-electron chi connectivity index (χ0n) is 12.7. The van der Waals surface area contributed by atoms with Crippen LogP contribution in [0.25, 0.3) is 10.9 Å². The quantitative estimate of drug-likeness (QED) is 0.604. The number of ketones is 1. The second kappa shape index (κ2) is 6.76. The fourth-order valence-corrected chi connectivity index (χ4v) is 3.38. The van der Waals surface area contributed by atoms with Gasteiger partial charge in [0.05, 0.1) is 11.5 Å². The Morgan fingerprint density at radius 2 is 1.96 bits per heavy atom. The highest BCUT2D eigenvalue weighted by atomic mass is 79.9. The number of benzene rings is 2. The van der Waals surface area contributed by atoms with E-state index in [1.54, 1.807) is 18.2 Å². The lowest BCUT2D eigenvalue weighted by Gasteiger charge is -2.12. The molecule has 1 unspecified atom stereocenters. The smallest absolute Gasteiger partial charge is 0.311 e. The number of Topliss-reactive ketones (excluding diaryl/α,β-unsaturated/α-hetero) is 1. The Labute approximate surface area is 149 Å². The largest absolute Gasteiger partial charge is 0.481 e. The van der Waals surface area contributed by atoms with Crippen molar-refractivity contribution in [3.63, 3.8) is 0 Å². The molecule has 4 nitrogen and oxygen atoms in total. The zero-order chi connectivity index (χ0) is 18.1. The van der Waals surface area contributed by atoms with Gasteiger partial charge in [-0.2, -0.15) is 0 Å². The Balaban J connectivity index is 1.99. The second-order valence-electron chi connectivity index (χ2n) is 5.55. The predicted molar refractivity (Wildman–Crippen MR) is 91.7 cm³/mol. The molecule has 25 heavy (non-hydrogen) atoms. The maximum atomic E-state index is 13.8. The third-order valence-corrected chi connectivity index (χ3v) is 4.64. The lowest BCUT2D eigenvalue weighted by atomic mass is 9.91. The number of hydrogen-bond acceptors (Lipinski definition) is 2. The van der Waals surface area contributed by atoms with E-state index >= 15 is 0 Å². The van der Waals surface area contributed by atoms with E-state index in [1.807, 2.05) is 0 Å². The number of aliphatic carboxylic acids is 1. The summed E-state index contributed by atoms with van der Waals surface area (Å²) < 4.78 is 27.5. The van der Waals surface area contributed by atoms with E-state index in [0.717, 1.165) is 17.6 Å². The summed E-state index contributed by atoms with van der Waals surface area (Å²) in [4.78, 5) is 27.1. The minimum atomic E-state index is -1.20. The lowest BCUT2D eigenvalue weighted by molar-refractivity contribution is -0.138. The molecule has 3 rings (SSSR count). The SMILES string of the molecule is O=C(CC(C(=O)O)c1c[nH]c2cccc(Br)c12)c1ccc(F)cc1F. The molecule has 0 aliphatic heterocycles. The predicted octanol–water partition coefficient (Wildman–Crippen LogP) is 4.65. The van der Waals surface area contributed by atoms with Gasteiger partial charge in [-0.3, -0.25) is 9.59 Å². The monoisotopic (exact) mass is 407 g/mol. The van der Waals surface area contributed by atoms with Crippen molar-refractivity contribution in [3.05, 3.63) is 69.8 Å². The number of carbonyl (C=O) groups is 2. The van der Waals surface area contributed by atoms with Crippen LogP contribution in [0.3, 0.4) is 0 Å². The first-order valence-electron chi connectivity index (χ1n) is 7.35. The molecule has 128 valence electrons. The van der Waals surface area contributed by atoms with Gasteiger partial charge < -0.3 is 10.1 Å². The second-order valence-corrected chi connectivity index (χ2v) is 6.40. The molecule has 0 aliphatic carbocycles. The minimum absolute atomic E-state index is 0.327. The number of hydrogen-bond donors (Lipinski definition) is 2. The normalized spacial score (nSPS) is 12.3. The maximum Gasteiger partial charge on any atom is 0.311 e. The number of carbonyl (C=O) groups excluding carboxylic acids is 1. The third-order valence-electron chi connectivity index (χ3n) is 3.98. The van der Waals surface area contributed by atoms with E-state index in [9.17, 15) is 23.5 Å². The minimum Gasteiger partial charge on any atom is -0.481 e. The van der Waals surface area contributed by atoms with Crippen molar-refractivity contribution in [2.75, 3.05) is 0 Å². The fourth-order valence-electron chi connectivity index (χ4n) is 2.78. The first kappa shape index (κ1) is 17.3. The molecular formula is C18H12BrF2NO3. The number of fused-ring (bicyclic) bond motifs is 1. The standard InChI is InChI=1S/C18H12BrF2NO3/c19-13-2-1-3-15-17(13)12(8-22-15)11(18(24)25)7-16(23)10-5-4-9(20)6-14(10)21/h1-6,8,11,22H,7H2,(H,24,25). The van der Waals surface area contributed by atoms with Gasteiger partial charge in [-0.1, -0.05) is 22.0 Å². The van der Waals surface area contributed by atoms with Crippen LogP contribution in [-0.2, 0) is 4.79 Å². The van der Waals surface area contributed by atoms with Gasteiger partial charge in [0.2, 0.25) is 0 Å². The van der Waals surface area contributed by atoms with Crippen LogP contribution in [0.1, 0.15) is 28.3 Å². The molecular weight excluding hydrogens is 396 g/mol. The van der Waals surface area contributed by atoms with Crippen LogP contribution in [0.5, 0.6) is 0 Å². The van der Waals surface area contributed by atoms with Gasteiger partial charge in [-0.25, -0.2) is 8.78 Å². The molecule has 0 saturated heterocycles. The first-order valence-corrected chi connectivity index (χ1v) is 8.14. The molecule has 0 spiro atoms. The van der Waals surface area contributed by atoms with Gasteiger partial charge in [0, 0.05) is 34.1 Å². The van der Waals surface area contributed by atoms with Gasteiger partial charge in [0.1, 0.15) is 11.6 Å². The van der Waals surface area contributed by atoms with E-state index in [2.05, 4.69) is 20.9 Å². The molecule has 0 fully saturated rings. The van der Waals surface area contributed by atoms with Crippen molar-refractivity contribution in [3.8, 4) is 0 Å². The van der Waals surface area contributed by atoms with Crippen molar-refractivity contribution in [2.45, 2.75) is 12.3 Å². The Bertz CT molecular complexity index is 984. The van der Waals surface area contributed by atoms with Crippen molar-refractivity contribution < 1.29 is 23.5 Å². The summed E-state index contributed by atoms with van der Waals surface area (Å²) in [5.41, 5.74) is 0.813. The molecule has 1 aromatic heterocycles. The Kier molecular flexibility index (Phi) is 4.67. The summed E-state index contributed by atoms with van der Waals surface area (Å²) in [7, 11) is 0. The van der Waals surface area contributed by atoms with Crippen LogP contribution >= 0.6 is 15.9 Å². The van der Waals surface area contributed by atoms with Crippen LogP contribution < -0.4 is 0 Å². The van der Waals surface area contributed by atoms with E-state index in [0.29, 0.717) is 21.5 Å². The summed E-state index contributed by atoms with van der Waals surface area (Å²) in [6.07, 6.45) is 1.09. The number of nitrogens with one attached hydrogen (secondary N) is 1. The van der Waals surface area contributed by atoms with E-state index in [4.69, 9.17) is 0 Å². The number of aromatic amines is 1. The average Bonchev–Trinajstić information content (AvgIpc) is 2.97. The highest BCUT2D eigenvalue weighted by molar-refractivity contribution is 9.10. The lowest BCUT2D eigenvalue weighted by Crippen LogP contribution is -2.17. The van der Waals surface area contributed by atoms with Crippen LogP contribution in [0, 0.1) is 11.6 Å². The van der Waals surface area contributed by atoms with E-state index in [1.165, 1.54) is 6.20 Å². The number of halogens is 3. The van der Waals surface area contributed by atoms with Gasteiger partial charge in [0.25, 0.3) is 0 Å². The molecule has 2 aromatic carbocycles. The summed E-state index contributed by atoms with van der Waals surface area (Å²) in [6.45, 7) is 0. The Hall–Kier alpha value is -2.54. The Morgan fingerprint density at radius 1 is 1.20 bits per heavy atom. The molecule has 0 aliphatic rings. The van der Waals surface area contributed by atoms with Crippen LogP contribution in [0.4, 0.5) is 8.78 Å². The van der Waals surface area contributed by atoms with Crippen molar-refractivity contribution in [2.24, 2.45) is 0 Å². The highest BCUT2D eigenvalue weighted by Crippen LogP contribution is 2.34. The Morgan fingerprint density at radius 3 is 2.64 bits per heavy atom. The molecule has 0 saturated carbocycles. The zero-order valence-corrected chi connectivity index (χ0v) is 14.3. The topological polar surface area (TPSA) is 70.2 Å². The van der Waals surface area contributed by atoms with Gasteiger partial charge in [-0.15, -0.1) is 0 Å². The molecule has 3 aromatic rings. The molecule has 0 radical (unpaired) electrons. The van der Waals surface area contributed by atoms with E-state index < -0.39 is 35.7 Å². The molecule has 2 N–H and O–H groups in total. The maximum absolute atomic E-state index is 13.8. The van der Waals surface area contributed by atoms with E-state index in [-0.39, 0.29) is 5.56 Å². The summed E-state index contributed by atoms with van der Waals surface area (Å²) in [5, 5.41) is 10.2.